The first-order valence-corrected chi connectivity index (χ1v) is 11.2. The lowest BCUT2D eigenvalue weighted by Crippen LogP contribution is -2.44. The van der Waals surface area contributed by atoms with Crippen LogP contribution in [0.5, 0.6) is 5.88 Å². The Morgan fingerprint density at radius 2 is 2.03 bits per heavy atom. The minimum Gasteiger partial charge on any atom is -0.474 e. The van der Waals surface area contributed by atoms with Crippen LogP contribution in [0.4, 0.5) is 10.2 Å². The molecule has 2 aliphatic rings. The Bertz CT molecular complexity index is 875. The molecule has 1 saturated heterocycles. The molecule has 0 bridgehead atoms. The molecule has 2 aromatic rings. The Balaban J connectivity index is 0.00000289. The molecule has 1 atom stereocenters. The number of halogens is 2. The first kappa shape index (κ1) is 24.5. The number of rotatable bonds is 6. The van der Waals surface area contributed by atoms with Gasteiger partial charge in [0.15, 0.2) is 17.6 Å². The Kier molecular flexibility index (Phi) is 9.31. The van der Waals surface area contributed by atoms with Gasteiger partial charge in [0, 0.05) is 51.2 Å². The van der Waals surface area contributed by atoms with Crippen molar-refractivity contribution in [2.75, 3.05) is 25.0 Å². The summed E-state index contributed by atoms with van der Waals surface area (Å²) in [6.45, 7) is 2.06. The van der Waals surface area contributed by atoms with E-state index in [2.05, 4.69) is 25.6 Å². The second kappa shape index (κ2) is 12.2. The molecule has 1 aliphatic carbocycles. The summed E-state index contributed by atoms with van der Waals surface area (Å²) in [4.78, 5) is 14.9. The molecular formula is C23H32FIN6O. The zero-order valence-electron chi connectivity index (χ0n) is 18.5. The van der Waals surface area contributed by atoms with Crippen LogP contribution in [-0.4, -0.2) is 48.2 Å². The predicted molar refractivity (Wildman–Crippen MR) is 135 cm³/mol. The van der Waals surface area contributed by atoms with Gasteiger partial charge in [-0.2, -0.15) is 0 Å². The van der Waals surface area contributed by atoms with E-state index in [9.17, 15) is 4.39 Å². The Morgan fingerprint density at radius 1 is 1.19 bits per heavy atom. The number of anilines is 1. The van der Waals surface area contributed by atoms with Gasteiger partial charge in [-0.1, -0.05) is 12.5 Å². The first-order valence-electron chi connectivity index (χ1n) is 11.2. The molecular weight excluding hydrogens is 522 g/mol. The van der Waals surface area contributed by atoms with E-state index in [0.29, 0.717) is 30.9 Å². The van der Waals surface area contributed by atoms with E-state index in [0.717, 1.165) is 37.3 Å². The number of ether oxygens (including phenoxy) is 1. The van der Waals surface area contributed by atoms with Gasteiger partial charge in [-0.3, -0.25) is 4.99 Å². The minimum atomic E-state index is -0.283. The molecule has 2 aromatic heterocycles. The van der Waals surface area contributed by atoms with Crippen LogP contribution in [0.15, 0.2) is 41.7 Å². The summed E-state index contributed by atoms with van der Waals surface area (Å²) in [5, 5.41) is 6.75. The van der Waals surface area contributed by atoms with Crippen molar-refractivity contribution >= 4 is 35.8 Å². The SMILES string of the molecule is CN=C(NCc1ccc(OC2CCCCC2)nc1)NC1CCN(c2ncccc2F)C1.I. The summed E-state index contributed by atoms with van der Waals surface area (Å²) in [6.07, 6.45) is 10.7. The van der Waals surface area contributed by atoms with Crippen LogP contribution in [0.3, 0.4) is 0 Å². The molecule has 0 amide bonds. The number of aliphatic imine (C=N–C) groups is 1. The third-order valence-electron chi connectivity index (χ3n) is 5.89. The maximum atomic E-state index is 14.0. The van der Waals surface area contributed by atoms with Crippen molar-refractivity contribution < 1.29 is 9.13 Å². The number of nitrogens with zero attached hydrogens (tertiary/aromatic N) is 4. The standard InChI is InChI=1S/C23H31FN6O.HI/c1-25-23(29-18-11-13-30(16-18)22-20(24)8-5-12-26-22)28-15-17-9-10-21(27-14-17)31-19-6-3-2-4-7-19;/h5,8-10,12,14,18-19H,2-4,6-7,11,13,15-16H2,1H3,(H2,25,28,29);1H. The van der Waals surface area contributed by atoms with Crippen LogP contribution < -0.4 is 20.3 Å². The van der Waals surface area contributed by atoms with E-state index in [4.69, 9.17) is 4.74 Å². The van der Waals surface area contributed by atoms with Crippen LogP contribution in [0.25, 0.3) is 0 Å². The largest absolute Gasteiger partial charge is 0.474 e. The molecule has 7 nitrogen and oxygen atoms in total. The number of aromatic nitrogens is 2. The van der Waals surface area contributed by atoms with E-state index >= 15 is 0 Å². The number of guanidine groups is 1. The molecule has 1 saturated carbocycles. The Morgan fingerprint density at radius 3 is 2.75 bits per heavy atom. The summed E-state index contributed by atoms with van der Waals surface area (Å²) in [5.41, 5.74) is 1.06. The molecule has 174 valence electrons. The maximum absolute atomic E-state index is 14.0. The van der Waals surface area contributed by atoms with Crippen molar-refractivity contribution in [1.29, 1.82) is 0 Å². The molecule has 9 heteroatoms. The molecule has 2 fully saturated rings. The van der Waals surface area contributed by atoms with E-state index in [-0.39, 0.29) is 35.8 Å². The monoisotopic (exact) mass is 554 g/mol. The molecule has 0 radical (unpaired) electrons. The highest BCUT2D eigenvalue weighted by atomic mass is 127. The van der Waals surface area contributed by atoms with Crippen LogP contribution in [0.2, 0.25) is 0 Å². The highest BCUT2D eigenvalue weighted by molar-refractivity contribution is 14.0. The number of pyridine rings is 2. The van der Waals surface area contributed by atoms with Gasteiger partial charge < -0.3 is 20.3 Å². The van der Waals surface area contributed by atoms with Crippen LogP contribution >= 0.6 is 24.0 Å². The molecule has 1 aliphatic heterocycles. The molecule has 32 heavy (non-hydrogen) atoms. The van der Waals surface area contributed by atoms with E-state index in [1.54, 1.807) is 19.3 Å². The summed E-state index contributed by atoms with van der Waals surface area (Å²) in [7, 11) is 1.75. The van der Waals surface area contributed by atoms with Crippen LogP contribution in [-0.2, 0) is 6.54 Å². The average Bonchev–Trinajstić information content (AvgIpc) is 3.27. The van der Waals surface area contributed by atoms with Gasteiger partial charge in [-0.15, -0.1) is 24.0 Å². The number of hydrogen-bond acceptors (Lipinski definition) is 5. The van der Waals surface area contributed by atoms with Crippen molar-refractivity contribution in [3.05, 3.63) is 48.0 Å². The fraction of sp³-hybridized carbons (Fsp3) is 0.522. The smallest absolute Gasteiger partial charge is 0.213 e. The highest BCUT2D eigenvalue weighted by Gasteiger charge is 2.26. The Hall–Kier alpha value is -2.17. The molecule has 1 unspecified atom stereocenters. The summed E-state index contributed by atoms with van der Waals surface area (Å²) < 4.78 is 20.0. The van der Waals surface area contributed by atoms with Gasteiger partial charge >= 0.3 is 0 Å². The Labute approximate surface area is 206 Å². The van der Waals surface area contributed by atoms with Crippen LogP contribution in [0, 0.1) is 5.82 Å². The lowest BCUT2D eigenvalue weighted by atomic mass is 9.98. The quantitative estimate of drug-likeness (QED) is 0.321. The molecule has 4 rings (SSSR count). The fourth-order valence-electron chi connectivity index (χ4n) is 4.19. The van der Waals surface area contributed by atoms with Crippen molar-refractivity contribution in [2.45, 2.75) is 57.2 Å². The topological polar surface area (TPSA) is 74.7 Å². The normalized spacial score (nSPS) is 19.4. The second-order valence-corrected chi connectivity index (χ2v) is 8.19. The molecule has 0 aromatic carbocycles. The van der Waals surface area contributed by atoms with Gasteiger partial charge in [-0.25, -0.2) is 14.4 Å². The molecule has 2 N–H and O–H groups in total. The van der Waals surface area contributed by atoms with Crippen LogP contribution in [0.1, 0.15) is 44.1 Å². The van der Waals surface area contributed by atoms with Gasteiger partial charge in [-0.05, 0) is 49.8 Å². The third-order valence-corrected chi connectivity index (χ3v) is 5.89. The lowest BCUT2D eigenvalue weighted by molar-refractivity contribution is 0.148. The summed E-state index contributed by atoms with van der Waals surface area (Å²) >= 11 is 0. The van der Waals surface area contributed by atoms with Gasteiger partial charge in [0.05, 0.1) is 0 Å². The maximum Gasteiger partial charge on any atom is 0.213 e. The third kappa shape index (κ3) is 6.66. The summed E-state index contributed by atoms with van der Waals surface area (Å²) in [5.74, 6) is 1.55. The lowest BCUT2D eigenvalue weighted by Gasteiger charge is -2.22. The number of nitrogens with one attached hydrogen (secondary N) is 2. The zero-order chi connectivity index (χ0) is 21.5. The first-order chi connectivity index (χ1) is 15.2. The summed E-state index contributed by atoms with van der Waals surface area (Å²) in [6, 6.07) is 7.21. The molecule has 0 spiro atoms. The van der Waals surface area contributed by atoms with E-state index in [1.165, 1.54) is 25.3 Å². The van der Waals surface area contributed by atoms with Crippen molar-refractivity contribution in [3.8, 4) is 5.88 Å². The second-order valence-electron chi connectivity index (χ2n) is 8.19. The highest BCUT2D eigenvalue weighted by Crippen LogP contribution is 2.22. The van der Waals surface area contributed by atoms with Crippen molar-refractivity contribution in [2.24, 2.45) is 4.99 Å². The molecule has 3 heterocycles. The van der Waals surface area contributed by atoms with E-state index in [1.807, 2.05) is 23.2 Å². The zero-order valence-corrected chi connectivity index (χ0v) is 20.8. The van der Waals surface area contributed by atoms with Gasteiger partial charge in [0.25, 0.3) is 0 Å². The number of hydrogen-bond donors (Lipinski definition) is 2. The minimum absolute atomic E-state index is 0. The van der Waals surface area contributed by atoms with Gasteiger partial charge in [0.2, 0.25) is 5.88 Å². The van der Waals surface area contributed by atoms with Gasteiger partial charge in [0.1, 0.15) is 6.10 Å². The van der Waals surface area contributed by atoms with E-state index < -0.39 is 0 Å². The fourth-order valence-corrected chi connectivity index (χ4v) is 4.19. The predicted octanol–water partition coefficient (Wildman–Crippen LogP) is 3.89. The van der Waals surface area contributed by atoms with Crippen molar-refractivity contribution in [1.82, 2.24) is 20.6 Å². The average molecular weight is 554 g/mol. The van der Waals surface area contributed by atoms with Crippen molar-refractivity contribution in [3.63, 3.8) is 0 Å².